The lowest BCUT2D eigenvalue weighted by atomic mass is 10.1. The summed E-state index contributed by atoms with van der Waals surface area (Å²) < 4.78 is 12.6. The van der Waals surface area contributed by atoms with E-state index in [0.29, 0.717) is 23.9 Å². The van der Waals surface area contributed by atoms with E-state index in [1.807, 2.05) is 60.7 Å². The molecular weight excluding hydrogens is 473 g/mol. The van der Waals surface area contributed by atoms with Crippen molar-refractivity contribution in [2.75, 3.05) is 13.7 Å². The maximum atomic E-state index is 6.14. The van der Waals surface area contributed by atoms with Crippen LogP contribution in [-0.2, 0) is 19.6 Å². The van der Waals surface area contributed by atoms with Crippen molar-refractivity contribution >= 4 is 39.1 Å². The molecule has 3 aromatic carbocycles. The lowest BCUT2D eigenvalue weighted by Crippen LogP contribution is -2.18. The number of benzene rings is 3. The van der Waals surface area contributed by atoms with Crippen LogP contribution in [0, 0.1) is 0 Å². The third kappa shape index (κ3) is 6.38. The zero-order valence-corrected chi connectivity index (χ0v) is 19.2. The zero-order valence-electron chi connectivity index (χ0n) is 16.1. The van der Waals surface area contributed by atoms with Crippen LogP contribution in [0.4, 0.5) is 0 Å². The van der Waals surface area contributed by atoms with Gasteiger partial charge in [-0.2, -0.15) is 0 Å². The highest BCUT2D eigenvalue weighted by molar-refractivity contribution is 9.10. The first-order valence-corrected chi connectivity index (χ1v) is 10.8. The molecule has 0 aliphatic heterocycles. The molecule has 3 rings (SSSR count). The van der Waals surface area contributed by atoms with Crippen molar-refractivity contribution in [2.24, 2.45) is 0 Å². The number of methoxy groups -OCH3 is 1. The molecule has 3 aromatic rings. The Morgan fingerprint density at radius 3 is 2.45 bits per heavy atom. The van der Waals surface area contributed by atoms with Gasteiger partial charge >= 0.3 is 0 Å². The van der Waals surface area contributed by atoms with Crippen molar-refractivity contribution in [3.05, 3.63) is 91.9 Å². The fraction of sp³-hybridized carbons (Fsp3) is 0.217. The summed E-state index contributed by atoms with van der Waals surface area (Å²) in [6.45, 7) is 1.89. The molecule has 0 spiro atoms. The monoisotopic (exact) mass is 493 g/mol. The first kappa shape index (κ1) is 22.0. The molecule has 0 radical (unpaired) electrons. The van der Waals surface area contributed by atoms with Crippen LogP contribution >= 0.6 is 39.1 Å². The summed E-state index contributed by atoms with van der Waals surface area (Å²) in [4.78, 5) is 0. The Kier molecular flexibility index (Phi) is 8.25. The van der Waals surface area contributed by atoms with Crippen molar-refractivity contribution in [1.29, 1.82) is 0 Å². The molecule has 0 atom stereocenters. The van der Waals surface area contributed by atoms with Crippen molar-refractivity contribution in [3.63, 3.8) is 0 Å². The molecular formula is C23H22BrCl2NO2. The number of ether oxygens (including phenoxy) is 2. The van der Waals surface area contributed by atoms with Gasteiger partial charge in [-0.25, -0.2) is 0 Å². The van der Waals surface area contributed by atoms with E-state index in [-0.39, 0.29) is 0 Å². The molecule has 0 heterocycles. The molecule has 0 saturated carbocycles. The SMILES string of the molecule is COc1ccc(Br)c(CNCCc2ccc(Cl)cc2)c1OCc1cccc(Cl)c1. The number of hydrogen-bond donors (Lipinski definition) is 1. The van der Waals surface area contributed by atoms with E-state index in [9.17, 15) is 0 Å². The minimum Gasteiger partial charge on any atom is -0.493 e. The summed E-state index contributed by atoms with van der Waals surface area (Å²) >= 11 is 15.7. The maximum Gasteiger partial charge on any atom is 0.167 e. The molecule has 29 heavy (non-hydrogen) atoms. The molecule has 0 unspecified atom stereocenters. The number of nitrogens with one attached hydrogen (secondary N) is 1. The standard InChI is InChI=1S/C23H22BrCl2NO2/c1-28-22-10-9-21(24)20(14-27-12-11-16-5-7-18(25)8-6-16)23(22)29-15-17-3-2-4-19(26)13-17/h2-10,13,27H,11-12,14-15H2,1H3. The summed E-state index contributed by atoms with van der Waals surface area (Å²) in [5, 5.41) is 4.93. The Labute approximate surface area is 190 Å². The molecule has 152 valence electrons. The molecule has 0 amide bonds. The average molecular weight is 495 g/mol. The molecule has 0 aliphatic rings. The van der Waals surface area contributed by atoms with Crippen LogP contribution in [0.3, 0.4) is 0 Å². The van der Waals surface area contributed by atoms with Crippen LogP contribution in [-0.4, -0.2) is 13.7 Å². The fourth-order valence-electron chi connectivity index (χ4n) is 2.95. The molecule has 0 bridgehead atoms. The van der Waals surface area contributed by atoms with Crippen LogP contribution in [0.1, 0.15) is 16.7 Å². The second kappa shape index (κ2) is 10.9. The van der Waals surface area contributed by atoms with E-state index in [2.05, 4.69) is 21.2 Å². The van der Waals surface area contributed by atoms with E-state index in [4.69, 9.17) is 32.7 Å². The predicted molar refractivity (Wildman–Crippen MR) is 123 cm³/mol. The van der Waals surface area contributed by atoms with Crippen molar-refractivity contribution in [3.8, 4) is 11.5 Å². The maximum absolute atomic E-state index is 6.14. The molecule has 0 saturated heterocycles. The van der Waals surface area contributed by atoms with Gasteiger partial charge in [0, 0.05) is 26.6 Å². The minimum absolute atomic E-state index is 0.408. The van der Waals surface area contributed by atoms with Gasteiger partial charge < -0.3 is 14.8 Å². The number of hydrogen-bond acceptors (Lipinski definition) is 3. The van der Waals surface area contributed by atoms with Gasteiger partial charge in [0.1, 0.15) is 6.61 Å². The molecule has 6 heteroatoms. The Morgan fingerprint density at radius 2 is 1.72 bits per heavy atom. The van der Waals surface area contributed by atoms with Gasteiger partial charge in [-0.15, -0.1) is 0 Å². The Morgan fingerprint density at radius 1 is 0.931 bits per heavy atom. The number of rotatable bonds is 9. The van der Waals surface area contributed by atoms with Crippen molar-refractivity contribution in [1.82, 2.24) is 5.32 Å². The Balaban J connectivity index is 1.67. The molecule has 0 fully saturated rings. The Hall–Kier alpha value is -1.72. The van der Waals surface area contributed by atoms with Crippen LogP contribution in [0.25, 0.3) is 0 Å². The van der Waals surface area contributed by atoms with Crippen molar-refractivity contribution < 1.29 is 9.47 Å². The molecule has 0 aliphatic carbocycles. The second-order valence-electron chi connectivity index (χ2n) is 6.53. The number of halogens is 3. The first-order valence-electron chi connectivity index (χ1n) is 9.24. The van der Waals surface area contributed by atoms with E-state index < -0.39 is 0 Å². The lowest BCUT2D eigenvalue weighted by Gasteiger charge is -2.17. The Bertz CT molecular complexity index is 948. The van der Waals surface area contributed by atoms with E-state index >= 15 is 0 Å². The summed E-state index contributed by atoms with van der Waals surface area (Å²) in [5.41, 5.74) is 3.26. The van der Waals surface area contributed by atoms with Crippen LogP contribution in [0.2, 0.25) is 10.0 Å². The van der Waals surface area contributed by atoms with Gasteiger partial charge in [-0.1, -0.05) is 63.4 Å². The molecule has 0 aromatic heterocycles. The van der Waals surface area contributed by atoms with E-state index in [1.54, 1.807) is 7.11 Å². The van der Waals surface area contributed by atoms with Crippen LogP contribution in [0.15, 0.2) is 65.1 Å². The van der Waals surface area contributed by atoms with Gasteiger partial charge in [0.15, 0.2) is 11.5 Å². The third-order valence-electron chi connectivity index (χ3n) is 4.46. The largest absolute Gasteiger partial charge is 0.493 e. The lowest BCUT2D eigenvalue weighted by molar-refractivity contribution is 0.280. The molecule has 1 N–H and O–H groups in total. The first-order chi connectivity index (χ1) is 14.1. The van der Waals surface area contributed by atoms with E-state index in [0.717, 1.165) is 39.3 Å². The highest BCUT2D eigenvalue weighted by atomic mass is 79.9. The van der Waals surface area contributed by atoms with Crippen molar-refractivity contribution in [2.45, 2.75) is 19.6 Å². The second-order valence-corrected chi connectivity index (χ2v) is 8.26. The quantitative estimate of drug-likeness (QED) is 0.336. The van der Waals surface area contributed by atoms with Gasteiger partial charge in [-0.05, 0) is 60.5 Å². The minimum atomic E-state index is 0.408. The third-order valence-corrected chi connectivity index (χ3v) is 5.69. The fourth-order valence-corrected chi connectivity index (χ4v) is 3.74. The van der Waals surface area contributed by atoms with Crippen LogP contribution in [0.5, 0.6) is 11.5 Å². The van der Waals surface area contributed by atoms with Crippen LogP contribution < -0.4 is 14.8 Å². The van der Waals surface area contributed by atoms with E-state index in [1.165, 1.54) is 5.56 Å². The summed E-state index contributed by atoms with van der Waals surface area (Å²) in [7, 11) is 1.65. The molecule has 3 nitrogen and oxygen atoms in total. The normalized spacial score (nSPS) is 10.8. The van der Waals surface area contributed by atoms with Gasteiger partial charge in [-0.3, -0.25) is 0 Å². The smallest absolute Gasteiger partial charge is 0.167 e. The summed E-state index contributed by atoms with van der Waals surface area (Å²) in [6, 6.07) is 19.4. The highest BCUT2D eigenvalue weighted by Crippen LogP contribution is 2.37. The van der Waals surface area contributed by atoms with Gasteiger partial charge in [0.05, 0.1) is 7.11 Å². The van der Waals surface area contributed by atoms with Gasteiger partial charge in [0.25, 0.3) is 0 Å². The topological polar surface area (TPSA) is 30.5 Å². The predicted octanol–water partition coefficient (Wildman–Crippen LogP) is 6.68. The summed E-state index contributed by atoms with van der Waals surface area (Å²) in [5.74, 6) is 1.42. The summed E-state index contributed by atoms with van der Waals surface area (Å²) in [6.07, 6.45) is 0.914. The van der Waals surface area contributed by atoms with Gasteiger partial charge in [0.2, 0.25) is 0 Å². The average Bonchev–Trinajstić information content (AvgIpc) is 2.72. The highest BCUT2D eigenvalue weighted by Gasteiger charge is 2.15. The zero-order chi connectivity index (χ0) is 20.6.